The Morgan fingerprint density at radius 3 is 2.12 bits per heavy atom. The molecule has 0 spiro atoms. The van der Waals surface area contributed by atoms with Gasteiger partial charge in [-0.3, -0.25) is 0 Å². The number of aryl methyl sites for hydroxylation is 1. The highest BCUT2D eigenvalue weighted by atomic mass is 32.2. The number of unbranched alkanes of at least 4 members (excludes halogenated alkanes) is 4. The first-order valence-electron chi connectivity index (χ1n) is 8.98. The molecule has 0 fully saturated rings. The van der Waals surface area contributed by atoms with Gasteiger partial charge in [0.15, 0.2) is 0 Å². The first kappa shape index (κ1) is 21.6. The van der Waals surface area contributed by atoms with E-state index in [0.29, 0.717) is 11.8 Å². The van der Waals surface area contributed by atoms with E-state index >= 15 is 0 Å². The Bertz CT molecular complexity index is 785. The fraction of sp³-hybridized carbons (Fsp3) is 0.500. The monoisotopic (exact) mass is 365 g/mol. The average Bonchev–Trinajstić information content (AvgIpc) is 2.54. The Labute approximate surface area is 152 Å². The van der Waals surface area contributed by atoms with Gasteiger partial charge in [0.1, 0.15) is 10.1 Å². The maximum absolute atomic E-state index is 12.0. The molecule has 0 aliphatic carbocycles. The number of rotatable bonds is 9. The molecule has 0 aromatic heterocycles. The van der Waals surface area contributed by atoms with Gasteiger partial charge in [0.2, 0.25) is 0 Å². The predicted molar refractivity (Wildman–Crippen MR) is 104 cm³/mol. The van der Waals surface area contributed by atoms with Crippen LogP contribution in [0.5, 0.6) is 0 Å². The largest absolute Gasteiger partial charge is 0.744 e. The molecule has 0 unspecified atom stereocenters. The molecule has 0 amide bonds. The van der Waals surface area contributed by atoms with Crippen LogP contribution in [0.15, 0.2) is 35.2 Å². The summed E-state index contributed by atoms with van der Waals surface area (Å²) in [6.45, 7) is 4.27. The highest BCUT2D eigenvalue weighted by Crippen LogP contribution is 2.32. The second-order valence-corrected chi connectivity index (χ2v) is 7.75. The number of quaternary nitrogens is 1. The van der Waals surface area contributed by atoms with Gasteiger partial charge < -0.3 is 10.7 Å². The van der Waals surface area contributed by atoms with Crippen molar-refractivity contribution in [3.05, 3.63) is 41.5 Å². The number of hydrogen-bond acceptors (Lipinski definition) is 3. The van der Waals surface area contributed by atoms with Crippen LogP contribution < -0.4 is 6.15 Å². The van der Waals surface area contributed by atoms with Gasteiger partial charge in [-0.25, -0.2) is 8.42 Å². The van der Waals surface area contributed by atoms with E-state index in [-0.39, 0.29) is 11.0 Å². The maximum Gasteiger partial charge on any atom is 0.125 e. The Morgan fingerprint density at radius 2 is 1.52 bits per heavy atom. The molecule has 0 radical (unpaired) electrons. The molecule has 0 saturated carbocycles. The van der Waals surface area contributed by atoms with Crippen molar-refractivity contribution < 1.29 is 13.0 Å². The van der Waals surface area contributed by atoms with Crippen LogP contribution >= 0.6 is 0 Å². The third kappa shape index (κ3) is 5.53. The van der Waals surface area contributed by atoms with Crippen LogP contribution in [-0.2, 0) is 23.0 Å². The van der Waals surface area contributed by atoms with Crippen molar-refractivity contribution in [1.82, 2.24) is 6.15 Å². The molecule has 2 aromatic rings. The average molecular weight is 366 g/mol. The van der Waals surface area contributed by atoms with Crippen LogP contribution in [0.25, 0.3) is 10.8 Å². The van der Waals surface area contributed by atoms with Crippen LogP contribution in [-0.4, -0.2) is 13.0 Å². The molecule has 5 heteroatoms. The van der Waals surface area contributed by atoms with Gasteiger partial charge in [-0.2, -0.15) is 0 Å². The van der Waals surface area contributed by atoms with Gasteiger partial charge in [0.25, 0.3) is 0 Å². The van der Waals surface area contributed by atoms with Crippen molar-refractivity contribution in [3.8, 4) is 0 Å². The fourth-order valence-electron chi connectivity index (χ4n) is 3.31. The summed E-state index contributed by atoms with van der Waals surface area (Å²) in [6.07, 6.45) is 7.77. The minimum absolute atomic E-state index is 0. The summed E-state index contributed by atoms with van der Waals surface area (Å²) in [5.41, 5.74) is 1.79. The van der Waals surface area contributed by atoms with Crippen molar-refractivity contribution >= 4 is 20.9 Å². The first-order valence-corrected chi connectivity index (χ1v) is 10.4. The SMILES string of the molecule is CCCCCc1cc2ccccc2c(S(=O)(=O)[O-])c1CCCCC.[NH4+]. The van der Waals surface area contributed by atoms with Gasteiger partial charge in [0, 0.05) is 0 Å². The van der Waals surface area contributed by atoms with Crippen molar-refractivity contribution in [3.63, 3.8) is 0 Å². The van der Waals surface area contributed by atoms with Crippen molar-refractivity contribution in [2.75, 3.05) is 0 Å². The molecule has 0 bridgehead atoms. The zero-order valence-electron chi connectivity index (χ0n) is 15.7. The van der Waals surface area contributed by atoms with E-state index in [1.807, 2.05) is 12.1 Å². The first-order chi connectivity index (χ1) is 11.5. The van der Waals surface area contributed by atoms with Gasteiger partial charge in [-0.1, -0.05) is 69.9 Å². The molecule has 140 valence electrons. The van der Waals surface area contributed by atoms with Crippen LogP contribution in [0.1, 0.15) is 63.5 Å². The van der Waals surface area contributed by atoms with Gasteiger partial charge >= 0.3 is 0 Å². The van der Waals surface area contributed by atoms with Crippen molar-refractivity contribution in [2.24, 2.45) is 0 Å². The number of fused-ring (bicyclic) bond motifs is 1. The van der Waals surface area contributed by atoms with Crippen LogP contribution in [0.2, 0.25) is 0 Å². The summed E-state index contributed by atoms with van der Waals surface area (Å²) in [7, 11) is -4.50. The normalized spacial score (nSPS) is 11.5. The minimum Gasteiger partial charge on any atom is -0.744 e. The highest BCUT2D eigenvalue weighted by molar-refractivity contribution is 7.86. The molecular weight excluding hydrogens is 334 g/mol. The summed E-state index contributed by atoms with van der Waals surface area (Å²) in [5, 5.41) is 1.41. The molecule has 2 aromatic carbocycles. The molecule has 0 aliphatic heterocycles. The Kier molecular flexibility index (Phi) is 8.56. The maximum atomic E-state index is 12.0. The van der Waals surface area contributed by atoms with Crippen molar-refractivity contribution in [1.29, 1.82) is 0 Å². The zero-order valence-corrected chi connectivity index (χ0v) is 16.5. The molecule has 4 nitrogen and oxygen atoms in total. The third-order valence-electron chi connectivity index (χ3n) is 4.53. The minimum atomic E-state index is -4.50. The van der Waals surface area contributed by atoms with Crippen LogP contribution in [0.4, 0.5) is 0 Å². The Balaban J connectivity index is 0.00000312. The van der Waals surface area contributed by atoms with E-state index in [1.54, 1.807) is 12.1 Å². The molecule has 0 atom stereocenters. The van der Waals surface area contributed by atoms with E-state index in [4.69, 9.17) is 0 Å². The van der Waals surface area contributed by atoms with Crippen LogP contribution in [0, 0.1) is 0 Å². The van der Waals surface area contributed by atoms with E-state index < -0.39 is 10.1 Å². The lowest BCUT2D eigenvalue weighted by Gasteiger charge is -2.20. The van der Waals surface area contributed by atoms with Gasteiger partial charge in [0.05, 0.1) is 4.90 Å². The second kappa shape index (κ2) is 9.90. The summed E-state index contributed by atoms with van der Waals surface area (Å²) in [4.78, 5) is 0.0169. The molecule has 0 heterocycles. The number of benzene rings is 2. The third-order valence-corrected chi connectivity index (χ3v) is 5.49. The van der Waals surface area contributed by atoms with Crippen molar-refractivity contribution in [2.45, 2.75) is 70.1 Å². The van der Waals surface area contributed by atoms with E-state index in [0.717, 1.165) is 61.5 Å². The molecular formula is C20H31NO3S. The molecule has 2 rings (SSSR count). The fourth-order valence-corrected chi connectivity index (χ4v) is 4.30. The quantitative estimate of drug-likeness (QED) is 0.464. The lowest BCUT2D eigenvalue weighted by molar-refractivity contribution is 0.462. The lowest BCUT2D eigenvalue weighted by atomic mass is 9.93. The molecule has 4 N–H and O–H groups in total. The van der Waals surface area contributed by atoms with Crippen LogP contribution in [0.3, 0.4) is 0 Å². The Morgan fingerprint density at radius 1 is 0.920 bits per heavy atom. The summed E-state index contributed by atoms with van der Waals surface area (Å²) in [6, 6.07) is 9.41. The lowest BCUT2D eigenvalue weighted by Crippen LogP contribution is -2.08. The summed E-state index contributed by atoms with van der Waals surface area (Å²) >= 11 is 0. The molecule has 0 saturated heterocycles. The summed E-state index contributed by atoms with van der Waals surface area (Å²) in [5.74, 6) is 0. The Hall–Kier alpha value is -1.43. The molecule has 0 aliphatic rings. The second-order valence-electron chi connectivity index (χ2n) is 6.43. The van der Waals surface area contributed by atoms with E-state index in [2.05, 4.69) is 19.9 Å². The van der Waals surface area contributed by atoms with E-state index in [1.165, 1.54) is 0 Å². The van der Waals surface area contributed by atoms with Gasteiger partial charge in [-0.15, -0.1) is 0 Å². The zero-order chi connectivity index (χ0) is 17.6. The predicted octanol–water partition coefficient (Wildman–Crippen LogP) is 5.59. The standard InChI is InChI=1S/C20H28O3S.H3N/c1-3-5-7-11-16-15-17-12-9-10-14-19(17)20(24(21,22)23)18(16)13-8-6-4-2;/h9-10,12,14-15H,3-8,11,13H2,1-2H3,(H,21,22,23);1H3. The highest BCUT2D eigenvalue weighted by Gasteiger charge is 2.17. The van der Waals surface area contributed by atoms with E-state index in [9.17, 15) is 13.0 Å². The topological polar surface area (TPSA) is 93.7 Å². The smallest absolute Gasteiger partial charge is 0.125 e. The number of hydrogen-bond donors (Lipinski definition) is 1. The summed E-state index contributed by atoms with van der Waals surface area (Å²) < 4.78 is 36.1. The molecule has 25 heavy (non-hydrogen) atoms. The van der Waals surface area contributed by atoms with Gasteiger partial charge in [-0.05, 0) is 47.6 Å².